The quantitative estimate of drug-likeness (QED) is 0.451. The van der Waals surface area contributed by atoms with Crippen molar-refractivity contribution in [3.63, 3.8) is 0 Å². The molecule has 0 atom stereocenters. The third-order valence-electron chi connectivity index (χ3n) is 1.03. The zero-order valence-corrected chi connectivity index (χ0v) is 6.18. The highest BCUT2D eigenvalue weighted by atomic mass is 16.6. The van der Waals surface area contributed by atoms with Crippen molar-refractivity contribution in [3.8, 4) is 0 Å². The highest BCUT2D eigenvalue weighted by Crippen LogP contribution is 1.93. The van der Waals surface area contributed by atoms with Crippen LogP contribution in [0.2, 0.25) is 0 Å². The zero-order valence-electron chi connectivity index (χ0n) is 6.18. The number of hydroxylamine groups is 1. The maximum absolute atomic E-state index is 4.59. The second-order valence-corrected chi connectivity index (χ2v) is 1.87. The van der Waals surface area contributed by atoms with Crippen LogP contribution in [-0.2, 0) is 4.84 Å². The number of rotatable bonds is 5. The van der Waals surface area contributed by atoms with Gasteiger partial charge in [0.25, 0.3) is 0 Å². The summed E-state index contributed by atoms with van der Waals surface area (Å²) in [6.07, 6.45) is 7.51. The van der Waals surface area contributed by atoms with Crippen molar-refractivity contribution in [2.75, 3.05) is 7.11 Å². The maximum Gasteiger partial charge on any atom is 0.0636 e. The summed E-state index contributed by atoms with van der Waals surface area (Å²) in [7, 11) is 1.60. The van der Waals surface area contributed by atoms with E-state index in [9.17, 15) is 0 Å². The van der Waals surface area contributed by atoms with Crippen LogP contribution in [0.4, 0.5) is 0 Å². The molecule has 0 rings (SSSR count). The third kappa shape index (κ3) is 7.50. The van der Waals surface area contributed by atoms with Crippen LogP contribution in [0.15, 0.2) is 12.3 Å². The van der Waals surface area contributed by atoms with Crippen LogP contribution in [0.25, 0.3) is 0 Å². The summed E-state index contributed by atoms with van der Waals surface area (Å²) in [5.41, 5.74) is 2.63. The summed E-state index contributed by atoms with van der Waals surface area (Å²) < 4.78 is 0. The van der Waals surface area contributed by atoms with Gasteiger partial charge in [0.05, 0.1) is 7.11 Å². The van der Waals surface area contributed by atoms with Crippen LogP contribution in [0.3, 0.4) is 0 Å². The zero-order chi connectivity index (χ0) is 6.95. The van der Waals surface area contributed by atoms with Gasteiger partial charge in [-0.25, -0.2) is 0 Å². The molecule has 1 N–H and O–H groups in total. The fraction of sp³-hybridized carbons (Fsp3) is 0.714. The van der Waals surface area contributed by atoms with E-state index in [1.165, 1.54) is 12.8 Å². The van der Waals surface area contributed by atoms with E-state index < -0.39 is 0 Å². The Bertz CT molecular complexity index is 71.3. The van der Waals surface area contributed by atoms with Gasteiger partial charge in [-0.15, -0.1) is 0 Å². The third-order valence-corrected chi connectivity index (χ3v) is 1.03. The fourth-order valence-electron chi connectivity index (χ4n) is 0.521. The Morgan fingerprint density at radius 2 is 2.33 bits per heavy atom. The van der Waals surface area contributed by atoms with Gasteiger partial charge in [-0.3, -0.25) is 10.3 Å². The van der Waals surface area contributed by atoms with E-state index in [-0.39, 0.29) is 0 Å². The minimum atomic E-state index is 1.13. The molecule has 0 aliphatic rings. The van der Waals surface area contributed by atoms with Crippen molar-refractivity contribution in [1.29, 1.82) is 0 Å². The lowest BCUT2D eigenvalue weighted by Crippen LogP contribution is -1.99. The van der Waals surface area contributed by atoms with Crippen molar-refractivity contribution < 1.29 is 4.84 Å². The monoisotopic (exact) mass is 129 g/mol. The summed E-state index contributed by atoms with van der Waals surface area (Å²) in [4.78, 5) is 4.59. The normalized spacial score (nSPS) is 10.4. The lowest BCUT2D eigenvalue weighted by atomic mass is 10.2. The van der Waals surface area contributed by atoms with E-state index in [2.05, 4.69) is 23.3 Å². The largest absolute Gasteiger partial charge is 0.280 e. The maximum atomic E-state index is 4.59. The lowest BCUT2D eigenvalue weighted by Gasteiger charge is -1.91. The Labute approximate surface area is 56.9 Å². The van der Waals surface area contributed by atoms with Gasteiger partial charge in [0, 0.05) is 6.20 Å². The van der Waals surface area contributed by atoms with Crippen LogP contribution < -0.4 is 5.48 Å². The first-order valence-corrected chi connectivity index (χ1v) is 3.35. The van der Waals surface area contributed by atoms with Crippen LogP contribution in [-0.4, -0.2) is 7.11 Å². The minimum Gasteiger partial charge on any atom is -0.280 e. The van der Waals surface area contributed by atoms with Gasteiger partial charge < -0.3 is 0 Å². The number of hydrogen-bond donors (Lipinski definition) is 1. The van der Waals surface area contributed by atoms with Crippen LogP contribution in [0, 0.1) is 0 Å². The first kappa shape index (κ1) is 8.50. The van der Waals surface area contributed by atoms with Gasteiger partial charge in [0.1, 0.15) is 0 Å². The number of nitrogens with one attached hydrogen (secondary N) is 1. The van der Waals surface area contributed by atoms with Gasteiger partial charge in [-0.2, -0.15) is 0 Å². The average molecular weight is 129 g/mol. The van der Waals surface area contributed by atoms with E-state index in [1.54, 1.807) is 7.11 Å². The van der Waals surface area contributed by atoms with Crippen molar-refractivity contribution in [1.82, 2.24) is 5.48 Å². The average Bonchev–Trinajstić information content (AvgIpc) is 1.89. The fourth-order valence-corrected chi connectivity index (χ4v) is 0.521. The molecule has 0 heterocycles. The van der Waals surface area contributed by atoms with E-state index in [0.29, 0.717) is 0 Å². The molecule has 0 fully saturated rings. The van der Waals surface area contributed by atoms with Gasteiger partial charge in [0.2, 0.25) is 0 Å². The minimum absolute atomic E-state index is 1.13. The molecule has 0 spiro atoms. The van der Waals surface area contributed by atoms with Crippen molar-refractivity contribution in [2.24, 2.45) is 0 Å². The van der Waals surface area contributed by atoms with Crippen LogP contribution in [0.5, 0.6) is 0 Å². The highest BCUT2D eigenvalue weighted by molar-refractivity contribution is 4.75. The predicted octanol–water partition coefficient (Wildman–Crippen LogP) is 1.84. The standard InChI is InChI=1S/C7H15NO/c1-3-4-5-6-7-8-9-2/h6-8H,3-5H2,1-2H3/b7-6+. The molecule has 0 saturated carbocycles. The lowest BCUT2D eigenvalue weighted by molar-refractivity contribution is 0.128. The van der Waals surface area contributed by atoms with Gasteiger partial charge in [-0.05, 0) is 6.42 Å². The SMILES string of the molecule is CCCC/C=C/NOC. The molecule has 2 nitrogen and oxygen atoms in total. The Morgan fingerprint density at radius 3 is 2.89 bits per heavy atom. The first-order chi connectivity index (χ1) is 4.41. The molecule has 0 bridgehead atoms. The van der Waals surface area contributed by atoms with Gasteiger partial charge in [-0.1, -0.05) is 25.8 Å². The van der Waals surface area contributed by atoms with Gasteiger partial charge in [0.15, 0.2) is 0 Å². The van der Waals surface area contributed by atoms with E-state index in [1.807, 2.05) is 6.20 Å². The van der Waals surface area contributed by atoms with Crippen molar-refractivity contribution in [3.05, 3.63) is 12.3 Å². The second-order valence-electron chi connectivity index (χ2n) is 1.87. The first-order valence-electron chi connectivity index (χ1n) is 3.35. The molecule has 0 saturated heterocycles. The summed E-state index contributed by atoms with van der Waals surface area (Å²) >= 11 is 0. The molecule has 0 aromatic rings. The van der Waals surface area contributed by atoms with Crippen molar-refractivity contribution >= 4 is 0 Å². The van der Waals surface area contributed by atoms with Gasteiger partial charge >= 0.3 is 0 Å². The van der Waals surface area contributed by atoms with Crippen molar-refractivity contribution in [2.45, 2.75) is 26.2 Å². The van der Waals surface area contributed by atoms with Crippen LogP contribution >= 0.6 is 0 Å². The molecular weight excluding hydrogens is 114 g/mol. The number of allylic oxidation sites excluding steroid dienone is 1. The highest BCUT2D eigenvalue weighted by Gasteiger charge is 1.75. The van der Waals surface area contributed by atoms with E-state index in [0.717, 1.165) is 6.42 Å². The Hall–Kier alpha value is -0.500. The van der Waals surface area contributed by atoms with Crippen LogP contribution in [0.1, 0.15) is 26.2 Å². The second kappa shape index (κ2) is 7.50. The molecule has 0 aromatic carbocycles. The molecule has 0 aliphatic carbocycles. The Balaban J connectivity index is 2.86. The molecule has 0 amide bonds. The van der Waals surface area contributed by atoms with E-state index in [4.69, 9.17) is 0 Å². The Morgan fingerprint density at radius 1 is 1.56 bits per heavy atom. The molecule has 9 heavy (non-hydrogen) atoms. The molecule has 0 unspecified atom stereocenters. The van der Waals surface area contributed by atoms with E-state index >= 15 is 0 Å². The summed E-state index contributed by atoms with van der Waals surface area (Å²) in [6.45, 7) is 2.18. The smallest absolute Gasteiger partial charge is 0.0636 e. The molecule has 54 valence electrons. The molecular formula is C7H15NO. The summed E-state index contributed by atoms with van der Waals surface area (Å²) in [6, 6.07) is 0. The summed E-state index contributed by atoms with van der Waals surface area (Å²) in [5, 5.41) is 0. The molecule has 0 aromatic heterocycles. The number of unbranched alkanes of at least 4 members (excludes halogenated alkanes) is 2. The predicted molar refractivity (Wildman–Crippen MR) is 38.8 cm³/mol. The number of hydrogen-bond acceptors (Lipinski definition) is 2. The Kier molecular flexibility index (Phi) is 7.08. The molecule has 2 heteroatoms. The molecule has 0 radical (unpaired) electrons. The topological polar surface area (TPSA) is 21.3 Å². The molecule has 0 aliphatic heterocycles. The summed E-state index contributed by atoms with van der Waals surface area (Å²) in [5.74, 6) is 0.